The molecule has 13 nitrogen and oxygen atoms in total. The number of hydrogen-bond donors (Lipinski definition) is 3. The smallest absolute Gasteiger partial charge is 0.296 e. The van der Waals surface area contributed by atoms with Gasteiger partial charge in [0.1, 0.15) is 22.0 Å². The van der Waals surface area contributed by atoms with Gasteiger partial charge in [-0.05, 0) is 78.5 Å². The normalized spacial score (nSPS) is 12.6. The Labute approximate surface area is 274 Å². The van der Waals surface area contributed by atoms with Crippen molar-refractivity contribution in [2.75, 3.05) is 0 Å². The third-order valence-corrected chi connectivity index (χ3v) is 8.88. The zero-order valence-electron chi connectivity index (χ0n) is 24.9. The molecular formula is C33H24N6O7S2. The van der Waals surface area contributed by atoms with Crippen LogP contribution in [0.1, 0.15) is 5.56 Å². The Hall–Kier alpha value is -5.74. The molecule has 48 heavy (non-hydrogen) atoms. The summed E-state index contributed by atoms with van der Waals surface area (Å²) in [6.45, 7) is 1.88. The van der Waals surface area contributed by atoms with Crippen LogP contribution < -0.4 is 0 Å². The van der Waals surface area contributed by atoms with Crippen LogP contribution in [0.25, 0.3) is 21.5 Å². The summed E-state index contributed by atoms with van der Waals surface area (Å²) in [4.78, 5) is -0.782. The fourth-order valence-electron chi connectivity index (χ4n) is 4.86. The number of aromatic hydroxyl groups is 1. The lowest BCUT2D eigenvalue weighted by Gasteiger charge is -2.07. The molecule has 0 aromatic heterocycles. The molecule has 0 aliphatic rings. The number of phenolic OH excluding ortho intramolecular Hbond substituents is 1. The minimum atomic E-state index is -4.68. The second-order valence-corrected chi connectivity index (χ2v) is 13.3. The van der Waals surface area contributed by atoms with Gasteiger partial charge in [-0.1, -0.05) is 48.5 Å². The fourth-order valence-corrected chi connectivity index (χ4v) is 6.02. The van der Waals surface area contributed by atoms with Crippen LogP contribution in [0.3, 0.4) is 0 Å². The van der Waals surface area contributed by atoms with Gasteiger partial charge in [0, 0.05) is 16.2 Å². The number of benzene rings is 6. The molecular weight excluding hydrogens is 657 g/mol. The summed E-state index contributed by atoms with van der Waals surface area (Å²) in [5.41, 5.74) is 2.46. The van der Waals surface area contributed by atoms with E-state index in [1.54, 1.807) is 54.6 Å². The number of hydrogen-bond acceptors (Lipinski definition) is 11. The highest BCUT2D eigenvalue weighted by Crippen LogP contribution is 2.40. The second kappa shape index (κ2) is 12.8. The van der Waals surface area contributed by atoms with Crippen LogP contribution in [-0.4, -0.2) is 31.0 Å². The van der Waals surface area contributed by atoms with Gasteiger partial charge in [0.15, 0.2) is 0 Å². The quantitative estimate of drug-likeness (QED) is 0.105. The van der Waals surface area contributed by atoms with Crippen LogP contribution in [0.2, 0.25) is 0 Å². The minimum absolute atomic E-state index is 0.0748. The summed E-state index contributed by atoms with van der Waals surface area (Å²) in [5, 5.41) is 37.8. The number of nitrogens with zero attached hydrogens (tertiary/aromatic N) is 6. The zero-order chi connectivity index (χ0) is 34.1. The molecule has 0 spiro atoms. The summed E-state index contributed by atoms with van der Waals surface area (Å²) in [6, 6.07) is 28.3. The van der Waals surface area contributed by atoms with Gasteiger partial charge < -0.3 is 5.11 Å². The highest BCUT2D eigenvalue weighted by atomic mass is 32.2. The molecule has 0 saturated carbocycles. The highest BCUT2D eigenvalue weighted by Gasteiger charge is 2.17. The van der Waals surface area contributed by atoms with E-state index < -0.39 is 25.1 Å². The lowest BCUT2D eigenvalue weighted by molar-refractivity contribution is 0.477. The van der Waals surface area contributed by atoms with Crippen molar-refractivity contribution in [2.24, 2.45) is 30.7 Å². The number of phenols is 1. The molecule has 0 radical (unpaired) electrons. The van der Waals surface area contributed by atoms with Crippen molar-refractivity contribution in [1.29, 1.82) is 0 Å². The lowest BCUT2D eigenvalue weighted by Crippen LogP contribution is -1.98. The van der Waals surface area contributed by atoms with Crippen LogP contribution >= 0.6 is 0 Å². The van der Waals surface area contributed by atoms with Crippen molar-refractivity contribution in [3.8, 4) is 5.75 Å². The van der Waals surface area contributed by atoms with E-state index in [2.05, 4.69) is 30.7 Å². The summed E-state index contributed by atoms with van der Waals surface area (Å²) >= 11 is 0. The van der Waals surface area contributed by atoms with Crippen molar-refractivity contribution in [2.45, 2.75) is 16.7 Å². The Morgan fingerprint density at radius 1 is 0.521 bits per heavy atom. The molecule has 15 heteroatoms. The maximum Gasteiger partial charge on any atom is 0.296 e. The van der Waals surface area contributed by atoms with Gasteiger partial charge in [0.2, 0.25) is 0 Å². The van der Waals surface area contributed by atoms with Gasteiger partial charge in [0.25, 0.3) is 20.2 Å². The lowest BCUT2D eigenvalue weighted by atomic mass is 10.1. The first-order valence-corrected chi connectivity index (χ1v) is 16.9. The van der Waals surface area contributed by atoms with Gasteiger partial charge in [-0.3, -0.25) is 9.11 Å². The maximum atomic E-state index is 12.2. The molecule has 0 atom stereocenters. The summed E-state index contributed by atoms with van der Waals surface area (Å²) < 4.78 is 66.8. The van der Waals surface area contributed by atoms with Crippen LogP contribution in [0.15, 0.2) is 150 Å². The molecule has 6 aromatic rings. The van der Waals surface area contributed by atoms with Crippen LogP contribution in [0, 0.1) is 6.92 Å². The first-order valence-electron chi connectivity index (χ1n) is 14.1. The van der Waals surface area contributed by atoms with E-state index in [1.807, 2.05) is 13.0 Å². The molecule has 0 saturated heterocycles. The Bertz CT molecular complexity index is 2550. The SMILES string of the molecule is Cc1cccc(N=Nc2ccc(N=Nc3ccc(N=Nc4c(O)ccc5cc(S(=O)(=O)O)ccc45)c4ccccc34)cc2S(=O)(=O)O)c1. The molecule has 0 amide bonds. The van der Waals surface area contributed by atoms with Gasteiger partial charge in [0.05, 0.1) is 27.6 Å². The van der Waals surface area contributed by atoms with Gasteiger partial charge in [-0.15, -0.1) is 20.5 Å². The van der Waals surface area contributed by atoms with E-state index in [4.69, 9.17) is 0 Å². The zero-order valence-corrected chi connectivity index (χ0v) is 26.5. The van der Waals surface area contributed by atoms with Crippen molar-refractivity contribution in [3.05, 3.63) is 115 Å². The topological polar surface area (TPSA) is 203 Å². The van der Waals surface area contributed by atoms with Gasteiger partial charge >= 0.3 is 0 Å². The molecule has 0 aliphatic carbocycles. The predicted octanol–water partition coefficient (Wildman–Crippen LogP) is 9.75. The molecule has 0 aliphatic heterocycles. The van der Waals surface area contributed by atoms with Gasteiger partial charge in [-0.2, -0.15) is 27.1 Å². The van der Waals surface area contributed by atoms with E-state index >= 15 is 0 Å². The maximum absolute atomic E-state index is 12.2. The molecule has 240 valence electrons. The Kier molecular flexibility index (Phi) is 8.59. The van der Waals surface area contributed by atoms with E-state index in [0.29, 0.717) is 38.6 Å². The Morgan fingerprint density at radius 3 is 1.79 bits per heavy atom. The summed E-state index contributed by atoms with van der Waals surface area (Å²) in [7, 11) is -9.11. The van der Waals surface area contributed by atoms with Crippen LogP contribution in [0.4, 0.5) is 34.1 Å². The molecule has 6 rings (SSSR count). The van der Waals surface area contributed by atoms with Crippen molar-refractivity contribution in [3.63, 3.8) is 0 Å². The fraction of sp³-hybridized carbons (Fsp3) is 0.0303. The first-order chi connectivity index (χ1) is 22.9. The minimum Gasteiger partial charge on any atom is -0.506 e. The molecule has 0 heterocycles. The van der Waals surface area contributed by atoms with E-state index in [0.717, 1.165) is 11.6 Å². The second-order valence-electron chi connectivity index (χ2n) is 10.5. The average molecular weight is 681 g/mol. The molecule has 6 aromatic carbocycles. The Balaban J connectivity index is 1.33. The summed E-state index contributed by atoms with van der Waals surface area (Å²) in [5.74, 6) is -0.188. The van der Waals surface area contributed by atoms with E-state index in [1.165, 1.54) is 42.5 Å². The van der Waals surface area contributed by atoms with Crippen molar-refractivity contribution >= 4 is 75.9 Å². The van der Waals surface area contributed by atoms with Crippen LogP contribution in [-0.2, 0) is 20.2 Å². The first kappa shape index (κ1) is 32.2. The third kappa shape index (κ3) is 6.98. The standard InChI is InChI=1S/C33H24N6O7S2/c1-20-5-4-6-22(17-20)34-38-30-13-10-23(19-32(30)48(44,45)46)35-36-28-14-15-29(27-8-3-2-7-26(27)28)37-39-33-25-12-11-24(47(41,42)43)18-21(25)9-16-31(33)40/h2-19,40H,1H3,(H,41,42,43)(H,44,45,46). The number of rotatable bonds is 8. The van der Waals surface area contributed by atoms with Gasteiger partial charge in [-0.25, -0.2) is 0 Å². The van der Waals surface area contributed by atoms with Crippen molar-refractivity contribution < 1.29 is 31.0 Å². The highest BCUT2D eigenvalue weighted by molar-refractivity contribution is 7.86. The Morgan fingerprint density at radius 2 is 1.15 bits per heavy atom. The van der Waals surface area contributed by atoms with E-state index in [9.17, 15) is 31.0 Å². The number of aryl methyl sites for hydroxylation is 1. The van der Waals surface area contributed by atoms with Crippen molar-refractivity contribution in [1.82, 2.24) is 0 Å². The monoisotopic (exact) mass is 680 g/mol. The predicted molar refractivity (Wildman–Crippen MR) is 179 cm³/mol. The average Bonchev–Trinajstić information content (AvgIpc) is 3.05. The molecule has 0 fully saturated rings. The summed E-state index contributed by atoms with van der Waals surface area (Å²) in [6.07, 6.45) is 0. The molecule has 0 bridgehead atoms. The van der Waals surface area contributed by atoms with Crippen LogP contribution in [0.5, 0.6) is 5.75 Å². The van der Waals surface area contributed by atoms with E-state index in [-0.39, 0.29) is 27.7 Å². The number of fused-ring (bicyclic) bond motifs is 2. The third-order valence-electron chi connectivity index (χ3n) is 7.14. The molecule has 3 N–H and O–H groups in total. The molecule has 0 unspecified atom stereocenters. The number of azo groups is 3. The largest absolute Gasteiger partial charge is 0.506 e.